The molecule has 0 aromatic carbocycles. The van der Waals surface area contributed by atoms with Gasteiger partial charge >= 0.3 is 5.00 Å². The fourth-order valence-corrected chi connectivity index (χ4v) is 1.39. The van der Waals surface area contributed by atoms with Crippen molar-refractivity contribution in [2.45, 2.75) is 6.92 Å². The van der Waals surface area contributed by atoms with Gasteiger partial charge in [-0.05, 0) is 6.07 Å². The van der Waals surface area contributed by atoms with Gasteiger partial charge in [-0.15, -0.1) is 0 Å². The van der Waals surface area contributed by atoms with Gasteiger partial charge in [0.1, 0.15) is 0 Å². The second-order valence-corrected chi connectivity index (χ2v) is 3.45. The van der Waals surface area contributed by atoms with Crippen LogP contribution in [0.5, 0.6) is 0 Å². The van der Waals surface area contributed by atoms with E-state index >= 15 is 0 Å². The summed E-state index contributed by atoms with van der Waals surface area (Å²) in [6, 6.07) is 2.95. The summed E-state index contributed by atoms with van der Waals surface area (Å²) in [4.78, 5) is 20.9. The number of carbonyl (C=O) groups is 1. The summed E-state index contributed by atoms with van der Waals surface area (Å²) >= 11 is 0.993. The summed E-state index contributed by atoms with van der Waals surface area (Å²) in [6.45, 7) is 1.33. The van der Waals surface area contributed by atoms with Crippen molar-refractivity contribution in [2.24, 2.45) is 5.10 Å². The van der Waals surface area contributed by atoms with Crippen LogP contribution in [0.3, 0.4) is 0 Å². The van der Waals surface area contributed by atoms with E-state index in [4.69, 9.17) is 0 Å². The molecule has 74 valence electrons. The van der Waals surface area contributed by atoms with E-state index in [2.05, 4.69) is 10.5 Å². The molecule has 1 aromatic rings. The predicted molar refractivity (Wildman–Crippen MR) is 52.4 cm³/mol. The molecule has 0 aliphatic heterocycles. The molecule has 0 aliphatic carbocycles. The molecule has 14 heavy (non-hydrogen) atoms. The van der Waals surface area contributed by atoms with Gasteiger partial charge in [-0.1, -0.05) is 11.3 Å². The number of thiophene rings is 1. The molecule has 0 spiro atoms. The van der Waals surface area contributed by atoms with Crippen molar-refractivity contribution in [1.82, 2.24) is 5.43 Å². The van der Waals surface area contributed by atoms with E-state index < -0.39 is 4.92 Å². The lowest BCUT2D eigenvalue weighted by atomic mass is 10.5. The molecular formula is C7H7N3O3S. The lowest BCUT2D eigenvalue weighted by molar-refractivity contribution is -0.380. The fourth-order valence-electron chi connectivity index (χ4n) is 0.697. The van der Waals surface area contributed by atoms with E-state index in [0.717, 1.165) is 11.3 Å². The quantitative estimate of drug-likeness (QED) is 0.464. The van der Waals surface area contributed by atoms with Crippen LogP contribution in [-0.4, -0.2) is 17.0 Å². The standard InChI is InChI=1S/C7H7N3O3S/c1-5(11)9-8-4-6-2-3-7(14-6)10(12)13/h2-4H,1H3,(H,9,11)/b8-4-. The summed E-state index contributed by atoms with van der Waals surface area (Å²) in [5.41, 5.74) is 2.20. The van der Waals surface area contributed by atoms with Gasteiger partial charge in [0.05, 0.1) is 16.0 Å². The highest BCUT2D eigenvalue weighted by Gasteiger charge is 2.07. The Hall–Kier alpha value is -1.76. The van der Waals surface area contributed by atoms with E-state index in [9.17, 15) is 14.9 Å². The maximum Gasteiger partial charge on any atom is 0.324 e. The topological polar surface area (TPSA) is 84.6 Å². The Bertz CT molecular complexity index is 385. The molecule has 0 radical (unpaired) electrons. The third-order valence-electron chi connectivity index (χ3n) is 1.21. The molecule has 0 unspecified atom stereocenters. The zero-order valence-electron chi connectivity index (χ0n) is 7.26. The molecule has 1 amide bonds. The lowest BCUT2D eigenvalue weighted by Gasteiger charge is -1.87. The van der Waals surface area contributed by atoms with Crippen molar-refractivity contribution >= 4 is 28.5 Å². The molecule has 0 saturated heterocycles. The highest BCUT2D eigenvalue weighted by molar-refractivity contribution is 7.16. The second-order valence-electron chi connectivity index (χ2n) is 2.36. The minimum absolute atomic E-state index is 0.0503. The Balaban J connectivity index is 2.64. The van der Waals surface area contributed by atoms with E-state index in [-0.39, 0.29) is 10.9 Å². The number of hydrogen-bond acceptors (Lipinski definition) is 5. The van der Waals surface area contributed by atoms with Crippen LogP contribution in [0, 0.1) is 10.1 Å². The van der Waals surface area contributed by atoms with Gasteiger partial charge in [-0.2, -0.15) is 5.10 Å². The van der Waals surface area contributed by atoms with Crippen LogP contribution in [0.2, 0.25) is 0 Å². The Morgan fingerprint density at radius 2 is 2.43 bits per heavy atom. The number of rotatable bonds is 3. The van der Waals surface area contributed by atoms with Crippen molar-refractivity contribution in [3.05, 3.63) is 27.1 Å². The predicted octanol–water partition coefficient (Wildman–Crippen LogP) is 1.13. The number of amides is 1. The van der Waals surface area contributed by atoms with Crippen LogP contribution in [0.1, 0.15) is 11.8 Å². The van der Waals surface area contributed by atoms with Crippen LogP contribution >= 0.6 is 11.3 Å². The molecule has 1 heterocycles. The second kappa shape index (κ2) is 4.47. The Labute approximate surface area is 83.4 Å². The highest BCUT2D eigenvalue weighted by Crippen LogP contribution is 2.22. The van der Waals surface area contributed by atoms with E-state index in [1.807, 2.05) is 0 Å². The number of hydrogen-bond donors (Lipinski definition) is 1. The van der Waals surface area contributed by atoms with Crippen molar-refractivity contribution in [1.29, 1.82) is 0 Å². The molecule has 0 saturated carbocycles. The van der Waals surface area contributed by atoms with Crippen LogP contribution in [-0.2, 0) is 4.79 Å². The SMILES string of the molecule is CC(=O)N/N=C\c1ccc([N+](=O)[O-])s1. The fraction of sp³-hybridized carbons (Fsp3) is 0.143. The van der Waals surface area contributed by atoms with Gasteiger partial charge in [0.2, 0.25) is 5.91 Å². The van der Waals surface area contributed by atoms with Crippen molar-refractivity contribution in [3.8, 4) is 0 Å². The van der Waals surface area contributed by atoms with Gasteiger partial charge in [0.25, 0.3) is 0 Å². The number of hydrazone groups is 1. The number of nitrogens with one attached hydrogen (secondary N) is 1. The Kier molecular flexibility index (Phi) is 3.29. The molecule has 1 N–H and O–H groups in total. The largest absolute Gasteiger partial charge is 0.324 e. The first-order chi connectivity index (χ1) is 6.59. The van der Waals surface area contributed by atoms with Crippen LogP contribution in [0.4, 0.5) is 5.00 Å². The maximum absolute atomic E-state index is 10.4. The van der Waals surface area contributed by atoms with Crippen molar-refractivity contribution in [3.63, 3.8) is 0 Å². The minimum Gasteiger partial charge on any atom is -0.274 e. The molecule has 7 heteroatoms. The molecule has 1 aromatic heterocycles. The molecule has 0 atom stereocenters. The third kappa shape index (κ3) is 2.94. The van der Waals surface area contributed by atoms with E-state index in [0.29, 0.717) is 4.88 Å². The van der Waals surface area contributed by atoms with E-state index in [1.54, 1.807) is 6.07 Å². The zero-order valence-corrected chi connectivity index (χ0v) is 8.08. The summed E-state index contributed by atoms with van der Waals surface area (Å²) < 4.78 is 0. The summed E-state index contributed by atoms with van der Waals surface area (Å²) in [5, 5.41) is 13.9. The lowest BCUT2D eigenvalue weighted by Crippen LogP contribution is -2.11. The number of nitro groups is 1. The van der Waals surface area contributed by atoms with Crippen LogP contribution < -0.4 is 5.43 Å². The number of carbonyl (C=O) groups excluding carboxylic acids is 1. The average molecular weight is 213 g/mol. The van der Waals surface area contributed by atoms with Crippen LogP contribution in [0.25, 0.3) is 0 Å². The maximum atomic E-state index is 10.4. The highest BCUT2D eigenvalue weighted by atomic mass is 32.1. The Morgan fingerprint density at radius 3 is 2.93 bits per heavy atom. The zero-order chi connectivity index (χ0) is 10.6. The summed E-state index contributed by atoms with van der Waals surface area (Å²) in [5.74, 6) is -0.285. The first kappa shape index (κ1) is 10.3. The van der Waals surface area contributed by atoms with Crippen molar-refractivity contribution in [2.75, 3.05) is 0 Å². The summed E-state index contributed by atoms with van der Waals surface area (Å²) in [6.07, 6.45) is 1.36. The first-order valence-corrected chi connectivity index (χ1v) is 4.45. The Morgan fingerprint density at radius 1 is 1.71 bits per heavy atom. The first-order valence-electron chi connectivity index (χ1n) is 3.63. The van der Waals surface area contributed by atoms with Gasteiger partial charge in [-0.3, -0.25) is 14.9 Å². The van der Waals surface area contributed by atoms with Gasteiger partial charge < -0.3 is 0 Å². The smallest absolute Gasteiger partial charge is 0.274 e. The summed E-state index contributed by atoms with van der Waals surface area (Å²) in [7, 11) is 0. The monoisotopic (exact) mass is 213 g/mol. The minimum atomic E-state index is -0.472. The van der Waals surface area contributed by atoms with Crippen LogP contribution in [0.15, 0.2) is 17.2 Å². The van der Waals surface area contributed by atoms with Gasteiger partial charge in [-0.25, -0.2) is 5.43 Å². The molecule has 6 nitrogen and oxygen atoms in total. The molecule has 0 aliphatic rings. The average Bonchev–Trinajstić information content (AvgIpc) is 2.52. The van der Waals surface area contributed by atoms with Crippen molar-refractivity contribution < 1.29 is 9.72 Å². The van der Waals surface area contributed by atoms with Gasteiger partial charge in [0.15, 0.2) is 0 Å². The van der Waals surface area contributed by atoms with Gasteiger partial charge in [0, 0.05) is 13.0 Å². The number of nitrogens with zero attached hydrogens (tertiary/aromatic N) is 2. The molecule has 0 fully saturated rings. The third-order valence-corrected chi connectivity index (χ3v) is 2.18. The molecular weight excluding hydrogens is 206 g/mol. The normalized spacial score (nSPS) is 10.4. The molecule has 0 bridgehead atoms. The van der Waals surface area contributed by atoms with E-state index in [1.165, 1.54) is 19.2 Å². The molecule has 1 rings (SSSR count).